The number of allylic oxidation sites excluding steroid dienone is 2. The van der Waals surface area contributed by atoms with Crippen LogP contribution < -0.4 is 14.2 Å². The van der Waals surface area contributed by atoms with Crippen LogP contribution in [0.4, 0.5) is 5.69 Å². The monoisotopic (exact) mass is 711 g/mol. The van der Waals surface area contributed by atoms with Gasteiger partial charge in [-0.25, -0.2) is 16.8 Å². The Bertz CT molecular complexity index is 2170. The lowest BCUT2D eigenvalue weighted by Crippen LogP contribution is -2.36. The third-order valence-corrected chi connectivity index (χ3v) is 11.1. The van der Waals surface area contributed by atoms with Crippen LogP contribution in [0.15, 0.2) is 93.4 Å². The highest BCUT2D eigenvalue weighted by Gasteiger charge is 2.28. The first kappa shape index (κ1) is 33.1. The lowest BCUT2D eigenvalue weighted by atomic mass is 10.1. The molecule has 3 aromatic heterocycles. The lowest BCUT2D eigenvalue weighted by Gasteiger charge is -2.19. The Morgan fingerprint density at radius 3 is 2.19 bits per heavy atom. The van der Waals surface area contributed by atoms with Crippen LogP contribution in [0.1, 0.15) is 32.1 Å². The average molecular weight is 712 g/mol. The minimum atomic E-state index is -4.39. The van der Waals surface area contributed by atoms with Gasteiger partial charge < -0.3 is 23.2 Å². The predicted octanol–water partition coefficient (Wildman–Crippen LogP) is 6.58. The topological polar surface area (TPSA) is 144 Å². The van der Waals surface area contributed by atoms with Gasteiger partial charge in [0.05, 0.1) is 32.0 Å². The van der Waals surface area contributed by atoms with Gasteiger partial charge in [-0.3, -0.25) is 0 Å². The Kier molecular flexibility index (Phi) is 9.69. The third kappa shape index (κ3) is 8.03. The van der Waals surface area contributed by atoms with E-state index in [2.05, 4.69) is 0 Å². The van der Waals surface area contributed by atoms with Crippen LogP contribution in [-0.2, 0) is 26.8 Å². The van der Waals surface area contributed by atoms with Crippen molar-refractivity contribution in [3.8, 4) is 26.6 Å². The minimum Gasteiger partial charge on any atom is -0.748 e. The summed E-state index contributed by atoms with van der Waals surface area (Å²) in [7, 11) is -8.79. The smallest absolute Gasteiger partial charge is 0.374 e. The number of rotatable bonds is 13. The molecule has 0 fully saturated rings. The average Bonchev–Trinajstić information content (AvgIpc) is 3.83. The zero-order valence-electron chi connectivity index (χ0n) is 25.3. The molecule has 0 amide bonds. The van der Waals surface area contributed by atoms with E-state index in [-0.39, 0.29) is 25.9 Å². The molecule has 4 heterocycles. The number of thiophene rings is 2. The van der Waals surface area contributed by atoms with Gasteiger partial charge in [0.25, 0.3) is 5.52 Å². The van der Waals surface area contributed by atoms with Crippen molar-refractivity contribution >= 4 is 65.8 Å². The van der Waals surface area contributed by atoms with E-state index in [1.54, 1.807) is 22.7 Å². The number of aromatic nitrogens is 1. The van der Waals surface area contributed by atoms with Crippen LogP contribution in [0, 0.1) is 0 Å². The van der Waals surface area contributed by atoms with E-state index in [9.17, 15) is 25.9 Å². The minimum absolute atomic E-state index is 0.110. The van der Waals surface area contributed by atoms with Gasteiger partial charge in [0.15, 0.2) is 12.3 Å². The molecule has 1 aliphatic heterocycles. The van der Waals surface area contributed by atoms with E-state index in [0.717, 1.165) is 37.7 Å². The molecule has 10 nitrogen and oxygen atoms in total. The van der Waals surface area contributed by atoms with Crippen LogP contribution in [0.25, 0.3) is 38.1 Å². The number of oxazole rings is 1. The fraction of sp³-hybridized carbons (Fsp3) is 0.242. The molecule has 0 saturated carbocycles. The maximum atomic E-state index is 11.4. The molecule has 0 bridgehead atoms. The summed E-state index contributed by atoms with van der Waals surface area (Å²) in [6.45, 7) is 2.45. The summed E-state index contributed by atoms with van der Waals surface area (Å²) in [5.41, 5.74) is 4.92. The number of anilines is 1. The van der Waals surface area contributed by atoms with Crippen molar-refractivity contribution in [2.75, 3.05) is 23.0 Å². The second kappa shape index (κ2) is 13.7. The number of ether oxygens (including phenoxy) is 1. The van der Waals surface area contributed by atoms with Gasteiger partial charge in [-0.2, -0.15) is 4.57 Å². The van der Waals surface area contributed by atoms with Gasteiger partial charge in [-0.15, -0.1) is 22.7 Å². The Morgan fingerprint density at radius 1 is 0.894 bits per heavy atom. The summed E-state index contributed by atoms with van der Waals surface area (Å²) in [6.07, 6.45) is 4.50. The molecular formula is C33H31N2O8S4-. The lowest BCUT2D eigenvalue weighted by molar-refractivity contribution is -0.677. The van der Waals surface area contributed by atoms with Crippen LogP contribution in [0.5, 0.6) is 5.75 Å². The van der Waals surface area contributed by atoms with Gasteiger partial charge in [0.1, 0.15) is 0 Å². The number of nitrogens with zero attached hydrogens (tertiary/aromatic N) is 2. The predicted molar refractivity (Wildman–Crippen MR) is 182 cm³/mol. The molecule has 0 radical (unpaired) electrons. The van der Waals surface area contributed by atoms with E-state index >= 15 is 0 Å². The SMILES string of the molecule is CCC(/C=C1\Oc2ccc(-c3cccs3)cc2N1CCCS(=O)(=O)[O-])=C\c1oc2ccc(-c3cccs3)cc2[n+]1CCCS(=O)(=O)[O-]. The molecule has 0 aliphatic carbocycles. The summed E-state index contributed by atoms with van der Waals surface area (Å²) in [6, 6.07) is 19.6. The van der Waals surface area contributed by atoms with Crippen molar-refractivity contribution in [3.63, 3.8) is 0 Å². The number of fused-ring (bicyclic) bond motifs is 2. The summed E-state index contributed by atoms with van der Waals surface area (Å²) in [4.78, 5) is 4.02. The van der Waals surface area contributed by atoms with Crippen molar-refractivity contribution in [2.45, 2.75) is 32.7 Å². The Labute approximate surface area is 281 Å². The molecule has 0 N–H and O–H groups in total. The van der Waals surface area contributed by atoms with Crippen LogP contribution >= 0.6 is 22.7 Å². The van der Waals surface area contributed by atoms with Gasteiger partial charge in [-0.05, 0) is 82.8 Å². The summed E-state index contributed by atoms with van der Waals surface area (Å²) < 4.78 is 82.8. The van der Waals surface area contributed by atoms with E-state index in [1.165, 1.54) is 0 Å². The largest absolute Gasteiger partial charge is 0.748 e. The Morgan fingerprint density at radius 2 is 1.55 bits per heavy atom. The van der Waals surface area contributed by atoms with E-state index in [1.807, 2.05) is 100.0 Å². The second-order valence-electron chi connectivity index (χ2n) is 11.0. The van der Waals surface area contributed by atoms with Gasteiger partial charge in [-0.1, -0.05) is 19.1 Å². The molecular weight excluding hydrogens is 681 g/mol. The first-order chi connectivity index (χ1) is 22.5. The number of hydrogen-bond donors (Lipinski definition) is 0. The van der Waals surface area contributed by atoms with Crippen molar-refractivity contribution in [2.24, 2.45) is 0 Å². The van der Waals surface area contributed by atoms with E-state index in [4.69, 9.17) is 9.15 Å². The molecule has 14 heteroatoms. The van der Waals surface area contributed by atoms with E-state index < -0.39 is 31.7 Å². The molecule has 1 aliphatic rings. The highest BCUT2D eigenvalue weighted by molar-refractivity contribution is 7.85. The molecule has 0 unspecified atom stereocenters. The number of hydrogen-bond acceptors (Lipinski definition) is 11. The second-order valence-corrected chi connectivity index (χ2v) is 15.9. The van der Waals surface area contributed by atoms with Crippen molar-refractivity contribution in [3.05, 3.63) is 94.8 Å². The highest BCUT2D eigenvalue weighted by Crippen LogP contribution is 2.43. The molecule has 0 atom stereocenters. The van der Waals surface area contributed by atoms with Crippen LogP contribution in [-0.4, -0.2) is 44.0 Å². The normalized spacial score (nSPS) is 14.7. The first-order valence-electron chi connectivity index (χ1n) is 14.9. The van der Waals surface area contributed by atoms with Gasteiger partial charge in [0, 0.05) is 46.4 Å². The van der Waals surface area contributed by atoms with Crippen molar-refractivity contribution < 1.29 is 39.7 Å². The molecule has 47 heavy (non-hydrogen) atoms. The quantitative estimate of drug-likeness (QED) is 0.0977. The van der Waals surface area contributed by atoms with Crippen molar-refractivity contribution in [1.82, 2.24) is 0 Å². The first-order valence-corrected chi connectivity index (χ1v) is 19.8. The van der Waals surface area contributed by atoms with Crippen LogP contribution in [0.2, 0.25) is 0 Å². The summed E-state index contributed by atoms with van der Waals surface area (Å²) in [5, 5.41) is 3.99. The molecule has 2 aromatic carbocycles. The van der Waals surface area contributed by atoms with Crippen molar-refractivity contribution in [1.29, 1.82) is 0 Å². The standard InChI is InChI=1S/C33H32N2O8S4/c1-2-23(19-32-34(13-5-17-46(36,37)38)26-21-24(9-11-28(26)42-32)30-7-3-15-44-30)20-33-35(14-6-18-47(39,40)41)27-22-25(10-12-29(27)43-33)31-8-4-16-45-31/h3-4,7-12,15-16,19-22H,2,5-6,13-14,17-18H2,1H3,(H-,36,37,38,39,40,41)/p-1. The maximum Gasteiger partial charge on any atom is 0.374 e. The fourth-order valence-electron chi connectivity index (χ4n) is 5.43. The molecule has 0 saturated heterocycles. The van der Waals surface area contributed by atoms with Crippen LogP contribution in [0.3, 0.4) is 0 Å². The third-order valence-electron chi connectivity index (χ3n) is 7.65. The van der Waals surface area contributed by atoms with Gasteiger partial charge in [0.2, 0.25) is 11.5 Å². The van der Waals surface area contributed by atoms with E-state index in [0.29, 0.717) is 29.5 Å². The fourth-order valence-corrected chi connectivity index (χ4v) is 7.85. The summed E-state index contributed by atoms with van der Waals surface area (Å²) >= 11 is 3.21. The zero-order valence-corrected chi connectivity index (χ0v) is 28.6. The Balaban J connectivity index is 1.38. The molecule has 0 spiro atoms. The van der Waals surface area contributed by atoms with Gasteiger partial charge >= 0.3 is 5.89 Å². The zero-order chi connectivity index (χ0) is 33.2. The number of aryl methyl sites for hydroxylation is 1. The number of benzene rings is 2. The summed E-state index contributed by atoms with van der Waals surface area (Å²) in [5.74, 6) is 0.549. The molecule has 6 rings (SSSR count). The molecule has 5 aromatic rings. The molecule has 246 valence electrons. The highest BCUT2D eigenvalue weighted by atomic mass is 32.2. The Hall–Kier alpha value is -3.79. The maximum absolute atomic E-state index is 11.4.